The highest BCUT2D eigenvalue weighted by Gasteiger charge is 2.41. The summed E-state index contributed by atoms with van der Waals surface area (Å²) in [7, 11) is -3.07. The molecule has 0 aliphatic carbocycles. The molecule has 1 aromatic heterocycles. The van der Waals surface area contributed by atoms with Crippen molar-refractivity contribution in [3.8, 4) is 0 Å². The Balaban J connectivity index is 2.44. The van der Waals surface area contributed by atoms with Crippen LogP contribution in [0.3, 0.4) is 0 Å². The van der Waals surface area contributed by atoms with E-state index in [0.717, 1.165) is 0 Å². The second kappa shape index (κ2) is 4.40. The van der Waals surface area contributed by atoms with E-state index in [4.69, 9.17) is 5.73 Å². The van der Waals surface area contributed by atoms with Crippen molar-refractivity contribution in [2.24, 2.45) is 5.92 Å². The van der Waals surface area contributed by atoms with E-state index in [1.165, 1.54) is 4.68 Å². The van der Waals surface area contributed by atoms with Gasteiger partial charge in [0.1, 0.15) is 5.69 Å². The van der Waals surface area contributed by atoms with E-state index >= 15 is 0 Å². The van der Waals surface area contributed by atoms with Crippen molar-refractivity contribution in [3.63, 3.8) is 0 Å². The highest BCUT2D eigenvalue weighted by atomic mass is 32.2. The van der Waals surface area contributed by atoms with E-state index in [1.54, 1.807) is 6.92 Å². The summed E-state index contributed by atoms with van der Waals surface area (Å²) in [5.41, 5.74) is 5.72. The van der Waals surface area contributed by atoms with Gasteiger partial charge in [0.2, 0.25) is 0 Å². The predicted molar refractivity (Wildman–Crippen MR) is 74.9 cm³/mol. The normalized spacial score (nSPS) is 26.1. The minimum absolute atomic E-state index is 0.0129. The Morgan fingerprint density at radius 3 is 2.58 bits per heavy atom. The van der Waals surface area contributed by atoms with Crippen LogP contribution in [0.1, 0.15) is 32.9 Å². The molecular formula is C12H21N3O3S. The average molecular weight is 287 g/mol. The molecule has 0 aromatic carbocycles. The Labute approximate surface area is 112 Å². The molecule has 6 nitrogen and oxygen atoms in total. The summed E-state index contributed by atoms with van der Waals surface area (Å²) in [6.45, 7) is 5.86. The molecule has 0 spiro atoms. The lowest BCUT2D eigenvalue weighted by molar-refractivity contribution is 0.317. The van der Waals surface area contributed by atoms with Crippen LogP contribution >= 0.6 is 0 Å². The molecule has 1 fully saturated rings. The topological polar surface area (TPSA) is 98.0 Å². The third-order valence-corrected chi connectivity index (χ3v) is 5.53. The van der Waals surface area contributed by atoms with Gasteiger partial charge >= 0.3 is 0 Å². The number of nitrogens with zero attached hydrogens (tertiary/aromatic N) is 1. The molecule has 1 aromatic rings. The summed E-state index contributed by atoms with van der Waals surface area (Å²) in [5, 5.41) is 3.02. The van der Waals surface area contributed by atoms with Gasteiger partial charge < -0.3 is 5.73 Å². The predicted octanol–water partition coefficient (Wildman–Crippen LogP) is 0.491. The minimum Gasteiger partial charge on any atom is -0.393 e. The van der Waals surface area contributed by atoms with E-state index in [2.05, 4.69) is 5.10 Å². The van der Waals surface area contributed by atoms with Crippen molar-refractivity contribution in [2.45, 2.75) is 39.2 Å². The summed E-state index contributed by atoms with van der Waals surface area (Å²) in [6, 6.07) is 0. The number of hydrogen-bond acceptors (Lipinski definition) is 4. The molecule has 0 saturated carbocycles. The maximum Gasteiger partial charge on any atom is 0.290 e. The maximum atomic E-state index is 12.2. The zero-order valence-electron chi connectivity index (χ0n) is 11.6. The maximum absolute atomic E-state index is 12.2. The first-order valence-electron chi connectivity index (χ1n) is 6.45. The number of H-pyrrole nitrogens is 1. The van der Waals surface area contributed by atoms with E-state index < -0.39 is 15.4 Å². The third kappa shape index (κ3) is 2.56. The fraction of sp³-hybridized carbons (Fsp3) is 0.750. The van der Waals surface area contributed by atoms with Gasteiger partial charge in [0, 0.05) is 0 Å². The van der Waals surface area contributed by atoms with Crippen molar-refractivity contribution in [2.75, 3.05) is 17.2 Å². The van der Waals surface area contributed by atoms with Crippen molar-refractivity contribution in [1.82, 2.24) is 9.78 Å². The van der Waals surface area contributed by atoms with Crippen LogP contribution in [0.4, 0.5) is 5.69 Å². The van der Waals surface area contributed by atoms with Crippen molar-refractivity contribution < 1.29 is 8.42 Å². The summed E-state index contributed by atoms with van der Waals surface area (Å²) in [5.74, 6) is 0.476. The largest absolute Gasteiger partial charge is 0.393 e. The van der Waals surface area contributed by atoms with Crippen LogP contribution in [0.5, 0.6) is 0 Å². The van der Waals surface area contributed by atoms with Gasteiger partial charge in [-0.2, -0.15) is 0 Å². The molecule has 1 aliphatic rings. The number of hydrogen-bond donors (Lipinski definition) is 2. The fourth-order valence-electron chi connectivity index (χ4n) is 2.61. The minimum atomic E-state index is -3.07. The summed E-state index contributed by atoms with van der Waals surface area (Å²) in [4.78, 5) is 12.2. The van der Waals surface area contributed by atoms with Crippen LogP contribution in [0.2, 0.25) is 0 Å². The van der Waals surface area contributed by atoms with E-state index in [0.29, 0.717) is 24.5 Å². The molecule has 19 heavy (non-hydrogen) atoms. The van der Waals surface area contributed by atoms with Gasteiger partial charge in [0.05, 0.1) is 22.7 Å². The molecule has 7 heteroatoms. The van der Waals surface area contributed by atoms with Crippen molar-refractivity contribution in [3.05, 3.63) is 16.0 Å². The number of nitrogen functional groups attached to an aromatic ring is 1. The first-order chi connectivity index (χ1) is 8.65. The van der Waals surface area contributed by atoms with E-state index in [1.807, 2.05) is 13.8 Å². The molecule has 0 radical (unpaired) electrons. The molecule has 1 unspecified atom stereocenters. The Morgan fingerprint density at radius 1 is 1.47 bits per heavy atom. The molecule has 1 saturated heterocycles. The summed E-state index contributed by atoms with van der Waals surface area (Å²) >= 11 is 0. The number of nitrogens with one attached hydrogen (secondary N) is 1. The third-order valence-electron chi connectivity index (χ3n) is 3.64. The van der Waals surface area contributed by atoms with Gasteiger partial charge in [-0.05, 0) is 25.7 Å². The average Bonchev–Trinajstić information content (AvgIpc) is 2.70. The Hall–Kier alpha value is -1.24. The van der Waals surface area contributed by atoms with E-state index in [9.17, 15) is 13.2 Å². The number of rotatable bonds is 3. The van der Waals surface area contributed by atoms with Gasteiger partial charge in [-0.25, -0.2) is 13.1 Å². The lowest BCUT2D eigenvalue weighted by Gasteiger charge is -2.22. The van der Waals surface area contributed by atoms with Gasteiger partial charge in [-0.3, -0.25) is 9.89 Å². The molecule has 3 N–H and O–H groups in total. The van der Waals surface area contributed by atoms with Crippen LogP contribution in [-0.4, -0.2) is 29.7 Å². The first-order valence-corrected chi connectivity index (χ1v) is 8.27. The second-order valence-electron chi connectivity index (χ2n) is 6.08. The van der Waals surface area contributed by atoms with Crippen molar-refractivity contribution in [1.29, 1.82) is 0 Å². The fourth-order valence-corrected chi connectivity index (χ4v) is 4.73. The molecule has 0 amide bonds. The van der Waals surface area contributed by atoms with Crippen LogP contribution in [0.15, 0.2) is 4.79 Å². The zero-order valence-corrected chi connectivity index (χ0v) is 12.4. The molecule has 108 valence electrons. The SMILES string of the molecule is CC(C)Cc1[nH]n(C2(C)CCS(=O)(=O)C2)c(=O)c1N. The number of sulfone groups is 1. The van der Waals surface area contributed by atoms with Gasteiger partial charge in [0.15, 0.2) is 9.84 Å². The van der Waals surface area contributed by atoms with E-state index in [-0.39, 0.29) is 22.8 Å². The van der Waals surface area contributed by atoms with Gasteiger partial charge in [-0.15, -0.1) is 0 Å². The Morgan fingerprint density at radius 2 is 2.11 bits per heavy atom. The quantitative estimate of drug-likeness (QED) is 0.845. The Bertz CT molecular complexity index is 642. The number of aromatic amines is 1. The van der Waals surface area contributed by atoms with Gasteiger partial charge in [0.25, 0.3) is 5.56 Å². The summed E-state index contributed by atoms with van der Waals surface area (Å²) < 4.78 is 24.7. The smallest absolute Gasteiger partial charge is 0.290 e. The standard InChI is InChI=1S/C12H21N3O3S/c1-8(2)6-9-10(13)11(16)15(14-9)12(3)4-5-19(17,18)7-12/h8,14H,4-7,13H2,1-3H3. The lowest BCUT2D eigenvalue weighted by atomic mass is 10.0. The monoisotopic (exact) mass is 287 g/mol. The highest BCUT2D eigenvalue weighted by molar-refractivity contribution is 7.91. The number of aromatic nitrogens is 2. The first kappa shape index (κ1) is 14.2. The lowest BCUT2D eigenvalue weighted by Crippen LogP contribution is -2.39. The molecule has 1 atom stereocenters. The molecule has 2 heterocycles. The highest BCUT2D eigenvalue weighted by Crippen LogP contribution is 2.29. The molecule has 2 rings (SSSR count). The zero-order chi connectivity index (χ0) is 14.4. The molecular weight excluding hydrogens is 266 g/mol. The van der Waals surface area contributed by atoms with Crippen LogP contribution < -0.4 is 11.3 Å². The van der Waals surface area contributed by atoms with Crippen molar-refractivity contribution >= 4 is 15.5 Å². The molecule has 1 aliphatic heterocycles. The van der Waals surface area contributed by atoms with Gasteiger partial charge in [-0.1, -0.05) is 13.8 Å². The molecule has 0 bridgehead atoms. The summed E-state index contributed by atoms with van der Waals surface area (Å²) in [6.07, 6.45) is 1.12. The Kier molecular flexibility index (Phi) is 3.28. The van der Waals surface area contributed by atoms with Crippen LogP contribution in [0.25, 0.3) is 0 Å². The number of nitrogens with two attached hydrogens (primary N) is 1. The van der Waals surface area contributed by atoms with Crippen LogP contribution in [0, 0.1) is 5.92 Å². The number of anilines is 1. The van der Waals surface area contributed by atoms with Crippen LogP contribution in [-0.2, 0) is 21.8 Å². The second-order valence-corrected chi connectivity index (χ2v) is 8.27.